The predicted molar refractivity (Wildman–Crippen MR) is 66.4 cm³/mol. The van der Waals surface area contributed by atoms with Crippen LogP contribution in [0, 0.1) is 12.4 Å². The van der Waals surface area contributed by atoms with Gasteiger partial charge in [-0.1, -0.05) is 13.8 Å². The van der Waals surface area contributed by atoms with E-state index in [0.717, 1.165) is 5.56 Å². The fourth-order valence-corrected chi connectivity index (χ4v) is 2.62. The lowest BCUT2D eigenvalue weighted by Crippen LogP contribution is -2.51. The van der Waals surface area contributed by atoms with Crippen molar-refractivity contribution >= 4 is 0 Å². The smallest absolute Gasteiger partial charge is 0.282 e. The van der Waals surface area contributed by atoms with Crippen LogP contribution < -0.4 is 0 Å². The minimum absolute atomic E-state index is 0.174. The molecule has 1 aliphatic rings. The van der Waals surface area contributed by atoms with Gasteiger partial charge >= 0.3 is 0 Å². The summed E-state index contributed by atoms with van der Waals surface area (Å²) in [6.07, 6.45) is 2.12. The Morgan fingerprint density at radius 3 is 2.50 bits per heavy atom. The van der Waals surface area contributed by atoms with E-state index in [9.17, 15) is 9.50 Å². The van der Waals surface area contributed by atoms with Crippen molar-refractivity contribution in [2.75, 3.05) is 0 Å². The molecule has 1 aromatic heterocycles. The molecule has 0 radical (unpaired) electrons. The molecule has 0 aromatic carbocycles. The van der Waals surface area contributed by atoms with Crippen LogP contribution >= 0.6 is 0 Å². The van der Waals surface area contributed by atoms with Crippen LogP contribution in [0.25, 0.3) is 4.85 Å². The van der Waals surface area contributed by atoms with Crippen LogP contribution in [0.4, 0.5) is 4.39 Å². The van der Waals surface area contributed by atoms with Gasteiger partial charge in [0.1, 0.15) is 0 Å². The van der Waals surface area contributed by atoms with Gasteiger partial charge in [-0.15, -0.1) is 0 Å². The third-order valence-electron chi connectivity index (χ3n) is 3.53. The van der Waals surface area contributed by atoms with Gasteiger partial charge in [0.05, 0.1) is 18.4 Å². The SMILES string of the molecule is [C-]#[N+]C1(c2ncc(C(C)C)cc2F)CC(C)(O)C1. The molecule has 0 bridgehead atoms. The van der Waals surface area contributed by atoms with Gasteiger partial charge in [-0.2, -0.15) is 0 Å². The van der Waals surface area contributed by atoms with E-state index in [1.54, 1.807) is 13.1 Å². The summed E-state index contributed by atoms with van der Waals surface area (Å²) in [5.74, 6) is -0.234. The first-order valence-electron chi connectivity index (χ1n) is 6.07. The molecule has 1 aromatic rings. The number of pyridine rings is 1. The molecular formula is C14H17FN2O. The van der Waals surface area contributed by atoms with Crippen molar-refractivity contribution in [3.8, 4) is 0 Å². The van der Waals surface area contributed by atoms with E-state index in [2.05, 4.69) is 9.83 Å². The van der Waals surface area contributed by atoms with E-state index in [1.807, 2.05) is 13.8 Å². The lowest BCUT2D eigenvalue weighted by molar-refractivity contribution is -0.0616. The van der Waals surface area contributed by atoms with Crippen molar-refractivity contribution in [2.45, 2.75) is 50.7 Å². The maximum absolute atomic E-state index is 14.1. The summed E-state index contributed by atoms with van der Waals surface area (Å²) < 4.78 is 14.1. The van der Waals surface area contributed by atoms with Crippen molar-refractivity contribution in [1.29, 1.82) is 0 Å². The summed E-state index contributed by atoms with van der Waals surface area (Å²) in [6, 6.07) is 1.45. The van der Waals surface area contributed by atoms with Crippen molar-refractivity contribution in [2.24, 2.45) is 0 Å². The molecule has 0 atom stereocenters. The highest BCUT2D eigenvalue weighted by Crippen LogP contribution is 2.51. The summed E-state index contributed by atoms with van der Waals surface area (Å²) >= 11 is 0. The van der Waals surface area contributed by atoms with Crippen LogP contribution in [0.15, 0.2) is 12.3 Å². The predicted octanol–water partition coefficient (Wildman–Crippen LogP) is 3.00. The Kier molecular flexibility index (Phi) is 2.90. The van der Waals surface area contributed by atoms with Crippen molar-refractivity contribution in [3.05, 3.63) is 40.8 Å². The largest absolute Gasteiger partial charge is 0.389 e. The molecule has 2 rings (SSSR count). The van der Waals surface area contributed by atoms with Crippen molar-refractivity contribution < 1.29 is 9.50 Å². The molecule has 1 saturated carbocycles. The van der Waals surface area contributed by atoms with Crippen LogP contribution in [0.5, 0.6) is 0 Å². The van der Waals surface area contributed by atoms with Gasteiger partial charge in [0.2, 0.25) is 0 Å². The minimum Gasteiger partial charge on any atom is -0.389 e. The lowest BCUT2D eigenvalue weighted by atomic mass is 9.64. The average molecular weight is 248 g/mol. The fraction of sp³-hybridized carbons (Fsp3) is 0.571. The number of halogens is 1. The highest BCUT2D eigenvalue weighted by molar-refractivity contribution is 5.32. The molecule has 0 aliphatic heterocycles. The number of nitrogens with zero attached hydrogens (tertiary/aromatic N) is 2. The molecule has 0 spiro atoms. The Morgan fingerprint density at radius 1 is 1.50 bits per heavy atom. The van der Waals surface area contributed by atoms with Gasteiger partial charge in [-0.3, -0.25) is 0 Å². The molecule has 0 saturated heterocycles. The summed E-state index contributed by atoms with van der Waals surface area (Å²) in [5.41, 5.74) is -0.866. The summed E-state index contributed by atoms with van der Waals surface area (Å²) in [5, 5.41) is 9.78. The number of aromatic nitrogens is 1. The molecule has 4 heteroatoms. The third kappa shape index (κ3) is 1.99. The zero-order chi connectivity index (χ0) is 13.6. The van der Waals surface area contributed by atoms with Crippen LogP contribution in [-0.2, 0) is 5.54 Å². The van der Waals surface area contributed by atoms with Crippen LogP contribution in [0.2, 0.25) is 0 Å². The highest BCUT2D eigenvalue weighted by atomic mass is 19.1. The summed E-state index contributed by atoms with van der Waals surface area (Å²) in [4.78, 5) is 7.64. The first-order chi connectivity index (χ1) is 8.30. The molecule has 1 heterocycles. The summed E-state index contributed by atoms with van der Waals surface area (Å²) in [6.45, 7) is 12.9. The van der Waals surface area contributed by atoms with Crippen molar-refractivity contribution in [3.63, 3.8) is 0 Å². The molecule has 1 aliphatic carbocycles. The highest BCUT2D eigenvalue weighted by Gasteiger charge is 2.60. The standard InChI is InChI=1S/C14H17FN2O/c1-9(2)10-5-11(15)12(17-6-10)14(16-4)7-13(3,18)8-14/h5-6,9,18H,7-8H2,1-3H3. The Balaban J connectivity index is 2.38. The zero-order valence-corrected chi connectivity index (χ0v) is 10.9. The quantitative estimate of drug-likeness (QED) is 0.817. The van der Waals surface area contributed by atoms with Gasteiger partial charge < -0.3 is 9.95 Å². The van der Waals surface area contributed by atoms with Gasteiger partial charge in [0.15, 0.2) is 11.5 Å². The second-order valence-corrected chi connectivity index (χ2v) is 5.75. The second-order valence-electron chi connectivity index (χ2n) is 5.75. The minimum atomic E-state index is -0.983. The molecule has 0 amide bonds. The van der Waals surface area contributed by atoms with Crippen LogP contribution in [0.1, 0.15) is 50.8 Å². The van der Waals surface area contributed by atoms with Crippen molar-refractivity contribution in [1.82, 2.24) is 4.98 Å². The molecule has 1 fully saturated rings. The molecule has 96 valence electrons. The van der Waals surface area contributed by atoms with Gasteiger partial charge in [-0.25, -0.2) is 15.9 Å². The Morgan fingerprint density at radius 2 is 2.11 bits per heavy atom. The zero-order valence-electron chi connectivity index (χ0n) is 10.9. The van der Waals surface area contributed by atoms with E-state index < -0.39 is 17.0 Å². The second kappa shape index (κ2) is 4.03. The molecule has 0 unspecified atom stereocenters. The Labute approximate surface area is 106 Å². The Bertz CT molecular complexity index is 509. The van der Waals surface area contributed by atoms with Gasteiger partial charge in [0, 0.05) is 6.20 Å². The summed E-state index contributed by atoms with van der Waals surface area (Å²) in [7, 11) is 0. The first kappa shape index (κ1) is 13.0. The maximum Gasteiger partial charge on any atom is 0.282 e. The van der Waals surface area contributed by atoms with E-state index in [-0.39, 0.29) is 24.5 Å². The van der Waals surface area contributed by atoms with Crippen LogP contribution in [0.3, 0.4) is 0 Å². The van der Waals surface area contributed by atoms with E-state index in [0.29, 0.717) is 0 Å². The molecule has 1 N–H and O–H groups in total. The monoisotopic (exact) mass is 248 g/mol. The fourth-order valence-electron chi connectivity index (χ4n) is 2.62. The number of hydrogen-bond acceptors (Lipinski definition) is 2. The van der Waals surface area contributed by atoms with E-state index >= 15 is 0 Å². The molecule has 3 nitrogen and oxygen atoms in total. The van der Waals surface area contributed by atoms with Gasteiger partial charge in [-0.05, 0) is 24.5 Å². The Hall–Kier alpha value is -1.47. The third-order valence-corrected chi connectivity index (χ3v) is 3.53. The van der Waals surface area contributed by atoms with Gasteiger partial charge in [0.25, 0.3) is 5.54 Å². The van der Waals surface area contributed by atoms with E-state index in [1.165, 1.54) is 6.07 Å². The maximum atomic E-state index is 14.1. The lowest BCUT2D eigenvalue weighted by Gasteiger charge is -2.42. The normalized spacial score (nSPS) is 30.9. The van der Waals surface area contributed by atoms with Crippen LogP contribution in [-0.4, -0.2) is 15.7 Å². The average Bonchev–Trinajstić information content (AvgIpc) is 2.25. The number of aliphatic hydroxyl groups is 1. The topological polar surface area (TPSA) is 37.5 Å². The molecular weight excluding hydrogens is 231 g/mol. The molecule has 18 heavy (non-hydrogen) atoms. The number of hydrogen-bond donors (Lipinski definition) is 1. The first-order valence-corrected chi connectivity index (χ1v) is 6.07. The van der Waals surface area contributed by atoms with E-state index in [4.69, 9.17) is 6.57 Å². The number of rotatable bonds is 2.